The van der Waals surface area contributed by atoms with Gasteiger partial charge in [-0.1, -0.05) is 18.2 Å². The highest BCUT2D eigenvalue weighted by Gasteiger charge is 2.09. The van der Waals surface area contributed by atoms with Crippen LogP contribution in [-0.2, 0) is 0 Å². The minimum absolute atomic E-state index is 0.298. The number of rotatable bonds is 4. The molecule has 6 heteroatoms. The summed E-state index contributed by atoms with van der Waals surface area (Å²) in [5.41, 5.74) is 9.22. The topological polar surface area (TPSA) is 75.9 Å². The van der Waals surface area contributed by atoms with Gasteiger partial charge in [-0.2, -0.15) is 0 Å². The average molecular weight is 309 g/mol. The van der Waals surface area contributed by atoms with E-state index in [1.807, 2.05) is 31.2 Å². The van der Waals surface area contributed by atoms with Crippen LogP contribution in [0.5, 0.6) is 0 Å². The standard InChI is InChI=1S/C17H16FN5/c1-11-4-2-3-5-14(11)23-17-15(19)16(20-10-21-17)22-13-8-6-12(18)7-9-13/h2-10H,19H2,1H3,(H2,20,21,22,23). The van der Waals surface area contributed by atoms with Crippen molar-refractivity contribution in [2.45, 2.75) is 6.92 Å². The molecule has 0 aliphatic carbocycles. The molecule has 0 aliphatic rings. The quantitative estimate of drug-likeness (QED) is 0.679. The van der Waals surface area contributed by atoms with E-state index in [1.165, 1.54) is 18.5 Å². The van der Waals surface area contributed by atoms with Crippen LogP contribution in [0.3, 0.4) is 0 Å². The molecule has 3 aromatic rings. The van der Waals surface area contributed by atoms with Gasteiger partial charge in [-0.25, -0.2) is 14.4 Å². The van der Waals surface area contributed by atoms with E-state index < -0.39 is 0 Å². The van der Waals surface area contributed by atoms with Crippen LogP contribution in [0.25, 0.3) is 0 Å². The van der Waals surface area contributed by atoms with Gasteiger partial charge in [0.05, 0.1) is 0 Å². The Hall–Kier alpha value is -3.15. The van der Waals surface area contributed by atoms with Gasteiger partial charge >= 0.3 is 0 Å². The van der Waals surface area contributed by atoms with Crippen LogP contribution < -0.4 is 16.4 Å². The van der Waals surface area contributed by atoms with Gasteiger partial charge in [0.25, 0.3) is 0 Å². The summed E-state index contributed by atoms with van der Waals surface area (Å²) in [6.45, 7) is 2.00. The fraction of sp³-hybridized carbons (Fsp3) is 0.0588. The SMILES string of the molecule is Cc1ccccc1Nc1ncnc(Nc2ccc(F)cc2)c1N. The molecule has 0 radical (unpaired) electrons. The molecule has 0 atom stereocenters. The van der Waals surface area contributed by atoms with Crippen LogP contribution in [0.4, 0.5) is 33.1 Å². The van der Waals surface area contributed by atoms with Crippen molar-refractivity contribution in [2.24, 2.45) is 0 Å². The number of hydrogen-bond donors (Lipinski definition) is 3. The molecule has 0 saturated carbocycles. The Balaban J connectivity index is 1.86. The summed E-state index contributed by atoms with van der Waals surface area (Å²) < 4.78 is 13.0. The van der Waals surface area contributed by atoms with E-state index in [9.17, 15) is 4.39 Å². The van der Waals surface area contributed by atoms with Crippen LogP contribution in [0.1, 0.15) is 5.56 Å². The molecule has 3 rings (SSSR count). The van der Waals surface area contributed by atoms with Gasteiger partial charge in [0, 0.05) is 11.4 Å². The third-order valence-corrected chi connectivity index (χ3v) is 3.39. The second-order valence-corrected chi connectivity index (χ2v) is 5.06. The van der Waals surface area contributed by atoms with Gasteiger partial charge in [-0.15, -0.1) is 0 Å². The molecule has 0 spiro atoms. The number of halogens is 1. The number of nitrogens with one attached hydrogen (secondary N) is 2. The van der Waals surface area contributed by atoms with Gasteiger partial charge in [0.1, 0.15) is 17.8 Å². The Labute approximate surface area is 133 Å². The number of aromatic nitrogens is 2. The maximum absolute atomic E-state index is 13.0. The molecule has 0 saturated heterocycles. The minimum atomic E-state index is -0.298. The van der Waals surface area contributed by atoms with Crippen molar-refractivity contribution in [3.05, 3.63) is 66.2 Å². The van der Waals surface area contributed by atoms with Crippen LogP contribution >= 0.6 is 0 Å². The van der Waals surface area contributed by atoms with E-state index in [0.717, 1.165) is 11.3 Å². The summed E-state index contributed by atoms with van der Waals surface area (Å²) in [4.78, 5) is 8.32. The van der Waals surface area contributed by atoms with Crippen molar-refractivity contribution in [1.29, 1.82) is 0 Å². The van der Waals surface area contributed by atoms with Gasteiger partial charge in [-0.3, -0.25) is 0 Å². The molecule has 4 N–H and O–H groups in total. The molecule has 0 fully saturated rings. The van der Waals surface area contributed by atoms with Gasteiger partial charge in [-0.05, 0) is 42.8 Å². The highest BCUT2D eigenvalue weighted by Crippen LogP contribution is 2.29. The summed E-state index contributed by atoms with van der Waals surface area (Å²) in [5.74, 6) is 0.676. The largest absolute Gasteiger partial charge is 0.393 e. The van der Waals surface area contributed by atoms with Crippen molar-refractivity contribution < 1.29 is 4.39 Å². The first-order chi connectivity index (χ1) is 11.1. The monoisotopic (exact) mass is 309 g/mol. The van der Waals surface area contributed by atoms with Crippen molar-refractivity contribution in [3.8, 4) is 0 Å². The second kappa shape index (κ2) is 6.31. The van der Waals surface area contributed by atoms with Crippen molar-refractivity contribution in [3.63, 3.8) is 0 Å². The lowest BCUT2D eigenvalue weighted by Crippen LogP contribution is -2.05. The zero-order valence-electron chi connectivity index (χ0n) is 12.5. The third-order valence-electron chi connectivity index (χ3n) is 3.39. The van der Waals surface area contributed by atoms with E-state index in [2.05, 4.69) is 20.6 Å². The van der Waals surface area contributed by atoms with Gasteiger partial charge in [0.2, 0.25) is 0 Å². The predicted molar refractivity (Wildman–Crippen MR) is 90.6 cm³/mol. The first-order valence-corrected chi connectivity index (χ1v) is 7.09. The Bertz CT molecular complexity index is 817. The normalized spacial score (nSPS) is 10.3. The smallest absolute Gasteiger partial charge is 0.159 e. The highest BCUT2D eigenvalue weighted by atomic mass is 19.1. The lowest BCUT2D eigenvalue weighted by atomic mass is 10.2. The summed E-state index contributed by atoms with van der Waals surface area (Å²) in [6, 6.07) is 13.8. The molecule has 1 aromatic heterocycles. The molecular weight excluding hydrogens is 293 g/mol. The Morgan fingerprint density at radius 3 is 2.26 bits per heavy atom. The first-order valence-electron chi connectivity index (χ1n) is 7.09. The maximum atomic E-state index is 13.0. The number of benzene rings is 2. The van der Waals surface area contributed by atoms with Crippen molar-refractivity contribution in [2.75, 3.05) is 16.4 Å². The summed E-state index contributed by atoms with van der Waals surface area (Å²) in [5, 5.41) is 6.26. The predicted octanol–water partition coefficient (Wildman–Crippen LogP) is 3.99. The van der Waals surface area contributed by atoms with Crippen molar-refractivity contribution in [1.82, 2.24) is 9.97 Å². The molecule has 1 heterocycles. The van der Waals surface area contributed by atoms with Crippen molar-refractivity contribution >= 4 is 28.7 Å². The van der Waals surface area contributed by atoms with E-state index in [1.54, 1.807) is 12.1 Å². The lowest BCUT2D eigenvalue weighted by molar-refractivity contribution is 0.628. The zero-order chi connectivity index (χ0) is 16.2. The Morgan fingerprint density at radius 2 is 1.57 bits per heavy atom. The molecule has 0 bridgehead atoms. The first kappa shape index (κ1) is 14.8. The summed E-state index contributed by atoms with van der Waals surface area (Å²) in [7, 11) is 0. The average Bonchev–Trinajstić information content (AvgIpc) is 2.55. The lowest BCUT2D eigenvalue weighted by Gasteiger charge is -2.13. The van der Waals surface area contributed by atoms with Crippen LogP contribution in [-0.4, -0.2) is 9.97 Å². The van der Waals surface area contributed by atoms with E-state index in [-0.39, 0.29) is 5.82 Å². The molecule has 5 nitrogen and oxygen atoms in total. The number of nitrogens with two attached hydrogens (primary N) is 1. The number of hydrogen-bond acceptors (Lipinski definition) is 5. The molecular formula is C17H16FN5. The fourth-order valence-electron chi connectivity index (χ4n) is 2.11. The molecule has 2 aromatic carbocycles. The number of anilines is 5. The van der Waals surface area contributed by atoms with E-state index in [4.69, 9.17) is 5.73 Å². The number of nitrogens with zero attached hydrogens (tertiary/aromatic N) is 2. The minimum Gasteiger partial charge on any atom is -0.393 e. The number of nitrogen functional groups attached to an aromatic ring is 1. The fourth-order valence-corrected chi connectivity index (χ4v) is 2.11. The second-order valence-electron chi connectivity index (χ2n) is 5.06. The number of para-hydroxylation sites is 1. The third kappa shape index (κ3) is 3.37. The zero-order valence-corrected chi connectivity index (χ0v) is 12.5. The van der Waals surface area contributed by atoms with Gasteiger partial charge in [0.15, 0.2) is 11.6 Å². The number of aryl methyl sites for hydroxylation is 1. The Morgan fingerprint density at radius 1 is 0.913 bits per heavy atom. The van der Waals surface area contributed by atoms with Gasteiger partial charge < -0.3 is 16.4 Å². The summed E-state index contributed by atoms with van der Waals surface area (Å²) >= 11 is 0. The van der Waals surface area contributed by atoms with E-state index >= 15 is 0 Å². The molecule has 0 unspecified atom stereocenters. The molecule has 0 aliphatic heterocycles. The maximum Gasteiger partial charge on any atom is 0.159 e. The van der Waals surface area contributed by atoms with Crippen LogP contribution in [0, 0.1) is 12.7 Å². The Kier molecular flexibility index (Phi) is 4.05. The van der Waals surface area contributed by atoms with E-state index in [0.29, 0.717) is 23.0 Å². The highest BCUT2D eigenvalue weighted by molar-refractivity contribution is 5.80. The van der Waals surface area contributed by atoms with Crippen LogP contribution in [0.15, 0.2) is 54.9 Å². The van der Waals surface area contributed by atoms with Crippen LogP contribution in [0.2, 0.25) is 0 Å². The molecule has 116 valence electrons. The summed E-state index contributed by atoms with van der Waals surface area (Å²) in [6.07, 6.45) is 1.42. The molecule has 0 amide bonds. The molecule has 23 heavy (non-hydrogen) atoms.